The van der Waals surface area contributed by atoms with E-state index in [0.717, 1.165) is 10.6 Å². The number of nitrogens with one attached hydrogen (secondary N) is 2. The summed E-state index contributed by atoms with van der Waals surface area (Å²) in [5, 5.41) is 8.55. The first kappa shape index (κ1) is 16.4. The van der Waals surface area contributed by atoms with E-state index in [0.29, 0.717) is 24.9 Å². The van der Waals surface area contributed by atoms with Crippen LogP contribution in [0, 0.1) is 6.92 Å². The van der Waals surface area contributed by atoms with Crippen molar-refractivity contribution in [3.8, 4) is 10.6 Å². The number of morpholine rings is 1. The smallest absolute Gasteiger partial charge is 0.245 e. The number of aromatic nitrogens is 1. The van der Waals surface area contributed by atoms with E-state index in [-0.39, 0.29) is 24.4 Å². The van der Waals surface area contributed by atoms with Gasteiger partial charge >= 0.3 is 0 Å². The molecule has 2 aromatic heterocycles. The molecule has 5 nitrogen and oxygen atoms in total. The molecule has 0 aliphatic carbocycles. The first-order valence-electron chi connectivity index (χ1n) is 6.37. The molecule has 1 aliphatic heterocycles. The minimum atomic E-state index is -0.292. The molecule has 2 aromatic rings. The van der Waals surface area contributed by atoms with Gasteiger partial charge in [0.15, 0.2) is 5.13 Å². The van der Waals surface area contributed by atoms with E-state index in [9.17, 15) is 4.79 Å². The van der Waals surface area contributed by atoms with Crippen LogP contribution in [0.25, 0.3) is 10.6 Å². The van der Waals surface area contributed by atoms with E-state index in [1.165, 1.54) is 16.2 Å². The van der Waals surface area contributed by atoms with Crippen LogP contribution in [0.4, 0.5) is 5.13 Å². The van der Waals surface area contributed by atoms with Gasteiger partial charge in [-0.2, -0.15) is 0 Å². The predicted octanol–water partition coefficient (Wildman–Crippen LogP) is 2.53. The van der Waals surface area contributed by atoms with Crippen molar-refractivity contribution in [2.24, 2.45) is 0 Å². The molecule has 1 aliphatic rings. The van der Waals surface area contributed by atoms with Crippen molar-refractivity contribution in [3.63, 3.8) is 0 Å². The lowest BCUT2D eigenvalue weighted by molar-refractivity contribution is -0.120. The van der Waals surface area contributed by atoms with Gasteiger partial charge in [-0.05, 0) is 19.1 Å². The number of thiazole rings is 1. The normalized spacial score (nSPS) is 18.0. The van der Waals surface area contributed by atoms with Crippen LogP contribution in [0.2, 0.25) is 0 Å². The number of carbonyl (C=O) groups excluding carboxylic acids is 1. The predicted molar refractivity (Wildman–Crippen MR) is 88.7 cm³/mol. The van der Waals surface area contributed by atoms with Crippen molar-refractivity contribution >= 4 is 46.1 Å². The molecule has 2 N–H and O–H groups in total. The van der Waals surface area contributed by atoms with Gasteiger partial charge in [0.25, 0.3) is 0 Å². The molecule has 0 aromatic carbocycles. The summed E-state index contributed by atoms with van der Waals surface area (Å²) in [5.41, 5.74) is 0.913. The number of rotatable bonds is 3. The Morgan fingerprint density at radius 3 is 3.05 bits per heavy atom. The molecule has 1 fully saturated rings. The highest BCUT2D eigenvalue weighted by Crippen LogP contribution is 2.30. The largest absolute Gasteiger partial charge is 0.378 e. The van der Waals surface area contributed by atoms with Crippen LogP contribution in [0.5, 0.6) is 0 Å². The second-order valence-electron chi connectivity index (χ2n) is 4.52. The maximum Gasteiger partial charge on any atom is 0.245 e. The van der Waals surface area contributed by atoms with Gasteiger partial charge in [0.05, 0.1) is 23.8 Å². The monoisotopic (exact) mass is 345 g/mol. The Kier molecular flexibility index (Phi) is 5.72. The van der Waals surface area contributed by atoms with Gasteiger partial charge in [-0.3, -0.25) is 4.79 Å². The van der Waals surface area contributed by atoms with Crippen molar-refractivity contribution in [2.75, 3.05) is 25.1 Å². The van der Waals surface area contributed by atoms with Crippen LogP contribution < -0.4 is 10.6 Å². The lowest BCUT2D eigenvalue weighted by atomic mass is 10.2. The summed E-state index contributed by atoms with van der Waals surface area (Å²) in [6.07, 6.45) is 0. The topological polar surface area (TPSA) is 63.2 Å². The van der Waals surface area contributed by atoms with E-state index >= 15 is 0 Å². The zero-order chi connectivity index (χ0) is 13.9. The number of nitrogens with zero attached hydrogens (tertiary/aromatic N) is 1. The lowest BCUT2D eigenvalue weighted by Gasteiger charge is -2.22. The molecule has 21 heavy (non-hydrogen) atoms. The Labute approximate surface area is 137 Å². The number of hydrogen-bond donors (Lipinski definition) is 2. The number of thiophene rings is 1. The second-order valence-corrected chi connectivity index (χ2v) is 6.67. The van der Waals surface area contributed by atoms with Crippen LogP contribution >= 0.6 is 35.1 Å². The van der Waals surface area contributed by atoms with Gasteiger partial charge in [0, 0.05) is 16.8 Å². The summed E-state index contributed by atoms with van der Waals surface area (Å²) >= 11 is 3.14. The molecule has 0 saturated carbocycles. The maximum absolute atomic E-state index is 12.0. The number of halogens is 1. The zero-order valence-electron chi connectivity index (χ0n) is 11.4. The minimum Gasteiger partial charge on any atom is -0.378 e. The van der Waals surface area contributed by atoms with Crippen molar-refractivity contribution in [1.82, 2.24) is 10.3 Å². The molecule has 1 atom stereocenters. The van der Waals surface area contributed by atoms with Gasteiger partial charge in [0.1, 0.15) is 6.04 Å². The summed E-state index contributed by atoms with van der Waals surface area (Å²) in [6.45, 7) is 3.84. The molecule has 3 heterocycles. The molecule has 114 valence electrons. The summed E-state index contributed by atoms with van der Waals surface area (Å²) in [5.74, 6) is -0.0899. The highest BCUT2D eigenvalue weighted by atomic mass is 35.5. The number of anilines is 1. The summed E-state index contributed by atoms with van der Waals surface area (Å²) in [6, 6.07) is 3.83. The number of amides is 1. The van der Waals surface area contributed by atoms with Crippen LogP contribution in [0.3, 0.4) is 0 Å². The van der Waals surface area contributed by atoms with Crippen molar-refractivity contribution in [1.29, 1.82) is 0 Å². The third-order valence-electron chi connectivity index (χ3n) is 2.97. The summed E-state index contributed by atoms with van der Waals surface area (Å²) < 4.78 is 5.28. The first-order valence-corrected chi connectivity index (χ1v) is 8.06. The standard InChI is InChI=1S/C13H15N3O2S2.ClH/c1-8-2-3-11(20-8)10-7-19-13(15-10)16-12(17)9-6-18-5-4-14-9;/h2-3,7,9,14H,4-6H2,1H3,(H,15,16,17);1H. The number of hydrogen-bond acceptors (Lipinski definition) is 6. The van der Waals surface area contributed by atoms with Crippen LogP contribution in [-0.4, -0.2) is 36.7 Å². The van der Waals surface area contributed by atoms with Gasteiger partial charge in [-0.1, -0.05) is 0 Å². The zero-order valence-corrected chi connectivity index (χ0v) is 13.9. The van der Waals surface area contributed by atoms with Crippen molar-refractivity contribution in [2.45, 2.75) is 13.0 Å². The Bertz CT molecular complexity index is 608. The third kappa shape index (κ3) is 4.02. The summed E-state index contributed by atoms with van der Waals surface area (Å²) in [7, 11) is 0. The van der Waals surface area contributed by atoms with Gasteiger partial charge in [0.2, 0.25) is 5.91 Å². The summed E-state index contributed by atoms with van der Waals surface area (Å²) in [4.78, 5) is 18.9. The van der Waals surface area contributed by atoms with Gasteiger partial charge in [-0.15, -0.1) is 35.1 Å². The van der Waals surface area contributed by atoms with E-state index < -0.39 is 0 Å². The molecule has 1 saturated heterocycles. The first-order chi connectivity index (χ1) is 9.72. The van der Waals surface area contributed by atoms with Gasteiger partial charge < -0.3 is 15.4 Å². The van der Waals surface area contributed by atoms with E-state index in [1.54, 1.807) is 11.3 Å². The minimum absolute atomic E-state index is 0. The average Bonchev–Trinajstić information content (AvgIpc) is 3.09. The van der Waals surface area contributed by atoms with E-state index in [1.807, 2.05) is 5.38 Å². The SMILES string of the molecule is Cc1ccc(-c2csc(NC(=O)C3COCCN3)n2)s1.Cl. The Hall–Kier alpha value is -0.990. The molecule has 3 rings (SSSR count). The third-order valence-corrected chi connectivity index (χ3v) is 4.75. The maximum atomic E-state index is 12.0. The molecule has 0 spiro atoms. The molecule has 0 bridgehead atoms. The highest BCUT2D eigenvalue weighted by molar-refractivity contribution is 7.17. The molecule has 8 heteroatoms. The second kappa shape index (κ2) is 7.33. The molecule has 0 radical (unpaired) electrons. The number of ether oxygens (including phenoxy) is 1. The molecular formula is C13H16ClN3O2S2. The van der Waals surface area contributed by atoms with Crippen LogP contribution in [0.1, 0.15) is 4.88 Å². The number of aryl methyl sites for hydroxylation is 1. The molecule has 1 unspecified atom stereocenters. The Balaban J connectivity index is 0.00000161. The van der Waals surface area contributed by atoms with Crippen LogP contribution in [-0.2, 0) is 9.53 Å². The van der Waals surface area contributed by atoms with E-state index in [4.69, 9.17) is 4.74 Å². The molecular weight excluding hydrogens is 330 g/mol. The molecule has 1 amide bonds. The van der Waals surface area contributed by atoms with Crippen molar-refractivity contribution < 1.29 is 9.53 Å². The van der Waals surface area contributed by atoms with Crippen LogP contribution in [0.15, 0.2) is 17.5 Å². The fraction of sp³-hybridized carbons (Fsp3) is 0.385. The lowest BCUT2D eigenvalue weighted by Crippen LogP contribution is -2.48. The Morgan fingerprint density at radius 1 is 1.52 bits per heavy atom. The Morgan fingerprint density at radius 2 is 2.38 bits per heavy atom. The van der Waals surface area contributed by atoms with Gasteiger partial charge in [-0.25, -0.2) is 4.98 Å². The number of carbonyl (C=O) groups is 1. The highest BCUT2D eigenvalue weighted by Gasteiger charge is 2.22. The van der Waals surface area contributed by atoms with Crippen molar-refractivity contribution in [3.05, 3.63) is 22.4 Å². The van der Waals surface area contributed by atoms with E-state index in [2.05, 4.69) is 34.7 Å². The fourth-order valence-electron chi connectivity index (χ4n) is 1.94. The fourth-order valence-corrected chi connectivity index (χ4v) is 3.56. The quantitative estimate of drug-likeness (QED) is 0.897. The average molecular weight is 346 g/mol.